The Morgan fingerprint density at radius 1 is 0.947 bits per heavy atom. The second kappa shape index (κ2) is 11.5. The summed E-state index contributed by atoms with van der Waals surface area (Å²) in [5.74, 6) is -0.229. The number of likely N-dealkylation sites (tertiary alicyclic amines) is 1. The van der Waals surface area contributed by atoms with Crippen molar-refractivity contribution in [1.29, 1.82) is 0 Å². The smallest absolute Gasteiger partial charge is 0.295 e. The third kappa shape index (κ3) is 5.43. The topological polar surface area (TPSA) is 85.3 Å². The first kappa shape index (κ1) is 25.5. The van der Waals surface area contributed by atoms with Crippen molar-refractivity contribution < 1.29 is 28.9 Å². The lowest BCUT2D eigenvalue weighted by Gasteiger charge is -2.27. The second-order valence-electron chi connectivity index (χ2n) is 9.39. The van der Waals surface area contributed by atoms with Crippen LogP contribution in [0, 0.1) is 0 Å². The molecule has 0 unspecified atom stereocenters. The number of hydrogen-bond acceptors (Lipinski definition) is 6. The zero-order valence-electron chi connectivity index (χ0n) is 21.3. The lowest BCUT2D eigenvalue weighted by atomic mass is 9.95. The van der Waals surface area contributed by atoms with E-state index < -0.39 is 17.7 Å². The minimum absolute atomic E-state index is 0.0649. The lowest BCUT2D eigenvalue weighted by Crippen LogP contribution is -2.36. The average molecular weight is 514 g/mol. The van der Waals surface area contributed by atoms with Gasteiger partial charge in [-0.25, -0.2) is 0 Å². The summed E-state index contributed by atoms with van der Waals surface area (Å²) >= 11 is 0. The van der Waals surface area contributed by atoms with Gasteiger partial charge in [0.25, 0.3) is 11.7 Å². The van der Waals surface area contributed by atoms with Crippen LogP contribution in [0.1, 0.15) is 42.5 Å². The summed E-state index contributed by atoms with van der Waals surface area (Å²) in [6, 6.07) is 23.3. The van der Waals surface area contributed by atoms with Crippen LogP contribution in [0.25, 0.3) is 5.76 Å². The molecule has 0 saturated carbocycles. The maximum atomic E-state index is 13.3. The Morgan fingerprint density at radius 3 is 2.29 bits per heavy atom. The second-order valence-corrected chi connectivity index (χ2v) is 9.39. The zero-order valence-corrected chi connectivity index (χ0v) is 21.3. The molecule has 0 aromatic heterocycles. The Kier molecular flexibility index (Phi) is 7.75. The Balaban J connectivity index is 1.47. The van der Waals surface area contributed by atoms with Gasteiger partial charge in [0.2, 0.25) is 0 Å². The van der Waals surface area contributed by atoms with Gasteiger partial charge in [0, 0.05) is 18.7 Å². The van der Waals surface area contributed by atoms with E-state index in [1.807, 2.05) is 61.5 Å². The van der Waals surface area contributed by atoms with E-state index in [9.17, 15) is 14.7 Å². The maximum Gasteiger partial charge on any atom is 0.295 e. The van der Waals surface area contributed by atoms with Crippen molar-refractivity contribution in [3.63, 3.8) is 0 Å². The molecule has 0 aliphatic carbocycles. The van der Waals surface area contributed by atoms with Crippen molar-refractivity contribution in [2.45, 2.75) is 38.5 Å². The monoisotopic (exact) mass is 513 g/mol. The third-order valence-electron chi connectivity index (χ3n) is 6.85. The summed E-state index contributed by atoms with van der Waals surface area (Å²) in [7, 11) is 0. The number of amides is 1. The van der Waals surface area contributed by atoms with E-state index in [0.717, 1.165) is 18.4 Å². The first-order valence-corrected chi connectivity index (χ1v) is 12.9. The molecule has 0 spiro atoms. The van der Waals surface area contributed by atoms with Gasteiger partial charge in [0.05, 0.1) is 24.3 Å². The van der Waals surface area contributed by atoms with Gasteiger partial charge >= 0.3 is 0 Å². The number of aliphatic hydroxyl groups is 1. The summed E-state index contributed by atoms with van der Waals surface area (Å²) in [4.78, 5) is 28.0. The number of hydrogen-bond donors (Lipinski definition) is 1. The molecule has 3 aromatic rings. The summed E-state index contributed by atoms with van der Waals surface area (Å²) in [5, 5.41) is 11.3. The first-order chi connectivity index (χ1) is 18.5. The molecule has 1 N–H and O–H groups in total. The van der Waals surface area contributed by atoms with Crippen molar-refractivity contribution in [3.05, 3.63) is 101 Å². The van der Waals surface area contributed by atoms with Gasteiger partial charge in [-0.2, -0.15) is 0 Å². The Bertz CT molecular complexity index is 1290. The summed E-state index contributed by atoms with van der Waals surface area (Å²) in [5.41, 5.74) is 2.27. The zero-order chi connectivity index (χ0) is 26.5. The van der Waals surface area contributed by atoms with Gasteiger partial charge < -0.3 is 24.2 Å². The van der Waals surface area contributed by atoms with Gasteiger partial charge in [-0.3, -0.25) is 9.59 Å². The Labute approximate surface area is 222 Å². The van der Waals surface area contributed by atoms with Crippen LogP contribution in [-0.2, 0) is 20.9 Å². The number of ether oxygens (including phenoxy) is 3. The fourth-order valence-corrected chi connectivity index (χ4v) is 4.94. The van der Waals surface area contributed by atoms with Gasteiger partial charge in [0.15, 0.2) is 0 Å². The highest BCUT2D eigenvalue weighted by molar-refractivity contribution is 6.46. The molecule has 2 aliphatic rings. The molecular formula is C31H31NO6. The Morgan fingerprint density at radius 2 is 1.63 bits per heavy atom. The minimum Gasteiger partial charge on any atom is -0.507 e. The first-order valence-electron chi connectivity index (χ1n) is 12.9. The molecule has 2 fully saturated rings. The van der Waals surface area contributed by atoms with Crippen LogP contribution >= 0.6 is 0 Å². The van der Waals surface area contributed by atoms with E-state index in [-0.39, 0.29) is 24.0 Å². The van der Waals surface area contributed by atoms with Crippen LogP contribution < -0.4 is 9.47 Å². The summed E-state index contributed by atoms with van der Waals surface area (Å²) in [6.45, 7) is 3.75. The van der Waals surface area contributed by atoms with Gasteiger partial charge in [0.1, 0.15) is 23.9 Å². The van der Waals surface area contributed by atoms with Gasteiger partial charge in [-0.15, -0.1) is 0 Å². The molecule has 0 radical (unpaired) electrons. The van der Waals surface area contributed by atoms with E-state index in [4.69, 9.17) is 14.2 Å². The Hall–Kier alpha value is -4.10. The van der Waals surface area contributed by atoms with E-state index in [0.29, 0.717) is 42.4 Å². The lowest BCUT2D eigenvalue weighted by molar-refractivity contribution is -0.140. The number of ketones is 1. The predicted molar refractivity (Wildman–Crippen MR) is 143 cm³/mol. The van der Waals surface area contributed by atoms with Crippen molar-refractivity contribution >= 4 is 17.4 Å². The number of aliphatic hydroxyl groups excluding tert-OH is 1. The van der Waals surface area contributed by atoms with Crippen molar-refractivity contribution in [2.75, 3.05) is 19.8 Å². The average Bonchev–Trinajstić information content (AvgIpc) is 3.55. The molecular weight excluding hydrogens is 482 g/mol. The minimum atomic E-state index is -0.742. The van der Waals surface area contributed by atoms with Crippen LogP contribution in [0.15, 0.2) is 84.4 Å². The largest absolute Gasteiger partial charge is 0.507 e. The van der Waals surface area contributed by atoms with E-state index in [2.05, 4.69) is 0 Å². The number of benzene rings is 3. The molecule has 2 heterocycles. The van der Waals surface area contributed by atoms with Crippen molar-refractivity contribution in [2.24, 2.45) is 0 Å². The normalized spacial score (nSPS) is 20.6. The number of carbonyl (C=O) groups is 2. The van der Waals surface area contributed by atoms with Crippen LogP contribution in [0.2, 0.25) is 0 Å². The number of nitrogens with zero attached hydrogens (tertiary/aromatic N) is 1. The van der Waals surface area contributed by atoms with Gasteiger partial charge in [-0.1, -0.05) is 42.5 Å². The quantitative estimate of drug-likeness (QED) is 0.239. The molecule has 1 amide bonds. The predicted octanol–water partition coefficient (Wildman–Crippen LogP) is 5.27. The van der Waals surface area contributed by atoms with Crippen LogP contribution in [0.5, 0.6) is 11.5 Å². The fourth-order valence-electron chi connectivity index (χ4n) is 4.94. The van der Waals surface area contributed by atoms with E-state index in [1.54, 1.807) is 24.3 Å². The molecule has 5 rings (SSSR count). The maximum absolute atomic E-state index is 13.3. The molecule has 38 heavy (non-hydrogen) atoms. The van der Waals surface area contributed by atoms with Crippen molar-refractivity contribution in [3.8, 4) is 11.5 Å². The number of Topliss-reactive ketones (excluding diaryl/α,β-unsaturated/α-hetero) is 1. The highest BCUT2D eigenvalue weighted by Crippen LogP contribution is 2.40. The molecule has 2 atom stereocenters. The van der Waals surface area contributed by atoms with Crippen LogP contribution in [-0.4, -0.2) is 47.6 Å². The molecule has 7 heteroatoms. The SMILES string of the molecule is CCOc1ccc(C(O)=C2C(=O)C(=O)N(C[C@H]3CCCO3)[C@@H]2c2ccc(OCc3ccccc3)cc2)cc1. The molecule has 2 saturated heterocycles. The molecule has 196 valence electrons. The van der Waals surface area contributed by atoms with Crippen molar-refractivity contribution in [1.82, 2.24) is 4.90 Å². The molecule has 0 bridgehead atoms. The van der Waals surface area contributed by atoms with E-state index >= 15 is 0 Å². The molecule has 7 nitrogen and oxygen atoms in total. The third-order valence-corrected chi connectivity index (χ3v) is 6.85. The number of carbonyl (C=O) groups excluding carboxylic acids is 2. The highest BCUT2D eigenvalue weighted by atomic mass is 16.5. The molecule has 3 aromatic carbocycles. The van der Waals surface area contributed by atoms with E-state index in [1.165, 1.54) is 4.90 Å². The molecule has 2 aliphatic heterocycles. The fraction of sp³-hybridized carbons (Fsp3) is 0.290. The number of rotatable bonds is 9. The van der Waals surface area contributed by atoms with Gasteiger partial charge in [-0.05, 0) is 67.3 Å². The summed E-state index contributed by atoms with van der Waals surface area (Å²) in [6.07, 6.45) is 1.59. The highest BCUT2D eigenvalue weighted by Gasteiger charge is 2.47. The van der Waals surface area contributed by atoms with Crippen LogP contribution in [0.3, 0.4) is 0 Å². The van der Waals surface area contributed by atoms with Crippen LogP contribution in [0.4, 0.5) is 0 Å². The standard InChI is InChI=1S/C31H31NO6/c1-2-36-24-16-12-23(13-17-24)29(33)27-28(32(31(35)30(27)34)19-26-9-6-18-37-26)22-10-14-25(15-11-22)38-20-21-7-4-3-5-8-21/h3-5,7-8,10-17,26,28,33H,2,6,9,18-20H2,1H3/t26-,28-/m1/s1. The summed E-state index contributed by atoms with van der Waals surface area (Å²) < 4.78 is 17.2.